The molecule has 8 nitrogen and oxygen atoms in total. The fraction of sp³-hybridized carbons (Fsp3) is 0.533. The lowest BCUT2D eigenvalue weighted by atomic mass is 9.98. The molecular formula is C15H20N4O4S2. The number of aromatic nitrogens is 2. The molecule has 0 aliphatic carbocycles. The molecular weight excluding hydrogens is 364 g/mol. The maximum atomic E-state index is 12.4. The molecule has 0 bridgehead atoms. The summed E-state index contributed by atoms with van der Waals surface area (Å²) in [4.78, 5) is 14.2. The molecule has 1 saturated heterocycles. The van der Waals surface area contributed by atoms with Crippen molar-refractivity contribution in [1.29, 1.82) is 0 Å². The minimum absolute atomic E-state index is 0.0374. The van der Waals surface area contributed by atoms with Gasteiger partial charge in [0.2, 0.25) is 15.9 Å². The van der Waals surface area contributed by atoms with Crippen LogP contribution in [0.1, 0.15) is 24.2 Å². The molecule has 1 aliphatic rings. The summed E-state index contributed by atoms with van der Waals surface area (Å²) in [5.41, 5.74) is 1.16. The van der Waals surface area contributed by atoms with Crippen LogP contribution in [0.25, 0.3) is 0 Å². The fourth-order valence-corrected chi connectivity index (χ4v) is 4.99. The molecule has 1 fully saturated rings. The van der Waals surface area contributed by atoms with Crippen molar-refractivity contribution in [2.24, 2.45) is 5.92 Å². The summed E-state index contributed by atoms with van der Waals surface area (Å²) < 4.78 is 32.0. The number of hydrogen-bond acceptors (Lipinski definition) is 7. The molecule has 0 spiro atoms. The van der Waals surface area contributed by atoms with Gasteiger partial charge in [-0.25, -0.2) is 17.8 Å². The van der Waals surface area contributed by atoms with E-state index >= 15 is 0 Å². The first-order valence-electron chi connectivity index (χ1n) is 8.04. The molecule has 25 heavy (non-hydrogen) atoms. The zero-order chi connectivity index (χ0) is 17.9. The van der Waals surface area contributed by atoms with Gasteiger partial charge in [-0.3, -0.25) is 4.79 Å². The molecule has 0 radical (unpaired) electrons. The first kappa shape index (κ1) is 18.0. The number of likely N-dealkylation sites (tertiary alicyclic amines) is 1. The maximum absolute atomic E-state index is 12.4. The summed E-state index contributed by atoms with van der Waals surface area (Å²) in [5.74, 6) is 0.0635. The number of sulfonamides is 1. The number of aryl methyl sites for hydroxylation is 1. The van der Waals surface area contributed by atoms with Crippen molar-refractivity contribution in [3.05, 3.63) is 28.9 Å². The number of carbonyl (C=O) groups excluding carboxylic acids is 1. The normalized spacial score (nSPS) is 18.4. The van der Waals surface area contributed by atoms with E-state index in [1.165, 1.54) is 11.3 Å². The minimum Gasteiger partial charge on any atom is -0.342 e. The van der Waals surface area contributed by atoms with Gasteiger partial charge in [0.05, 0.1) is 6.42 Å². The van der Waals surface area contributed by atoms with Crippen LogP contribution in [0, 0.1) is 12.8 Å². The van der Waals surface area contributed by atoms with Gasteiger partial charge in [-0.1, -0.05) is 16.4 Å². The summed E-state index contributed by atoms with van der Waals surface area (Å²) in [6, 6.07) is 3.29. The van der Waals surface area contributed by atoms with Gasteiger partial charge in [-0.2, -0.15) is 0 Å². The highest BCUT2D eigenvalue weighted by molar-refractivity contribution is 7.91. The van der Waals surface area contributed by atoms with Crippen LogP contribution in [0.4, 0.5) is 0 Å². The third kappa shape index (κ3) is 4.44. The Morgan fingerprint density at radius 2 is 2.32 bits per heavy atom. The zero-order valence-corrected chi connectivity index (χ0v) is 15.5. The largest absolute Gasteiger partial charge is 0.342 e. The van der Waals surface area contributed by atoms with Crippen molar-refractivity contribution in [2.45, 2.75) is 30.4 Å². The van der Waals surface area contributed by atoms with E-state index in [-0.39, 0.29) is 18.2 Å². The lowest BCUT2D eigenvalue weighted by Gasteiger charge is -2.32. The van der Waals surface area contributed by atoms with Crippen molar-refractivity contribution in [3.63, 3.8) is 0 Å². The maximum Gasteiger partial charge on any atom is 0.250 e. The lowest BCUT2D eigenvalue weighted by Crippen LogP contribution is -2.44. The summed E-state index contributed by atoms with van der Waals surface area (Å²) in [6.07, 6.45) is 1.90. The molecule has 0 aromatic carbocycles. The van der Waals surface area contributed by atoms with E-state index in [1.807, 2.05) is 0 Å². The van der Waals surface area contributed by atoms with Gasteiger partial charge in [-0.05, 0) is 37.1 Å². The van der Waals surface area contributed by atoms with Crippen molar-refractivity contribution >= 4 is 27.3 Å². The number of amides is 1. The predicted octanol–water partition coefficient (Wildman–Crippen LogP) is 1.20. The third-order valence-electron chi connectivity index (χ3n) is 4.26. The van der Waals surface area contributed by atoms with E-state index < -0.39 is 10.0 Å². The zero-order valence-electron chi connectivity index (χ0n) is 13.8. The summed E-state index contributed by atoms with van der Waals surface area (Å²) in [5, 5.41) is 9.15. The lowest BCUT2D eigenvalue weighted by molar-refractivity contribution is -0.132. The van der Waals surface area contributed by atoms with Crippen LogP contribution in [0.15, 0.2) is 26.4 Å². The van der Waals surface area contributed by atoms with E-state index in [2.05, 4.69) is 19.7 Å². The fourth-order valence-electron chi connectivity index (χ4n) is 2.84. The average Bonchev–Trinajstić information content (AvgIpc) is 3.26. The highest BCUT2D eigenvalue weighted by Gasteiger charge is 2.26. The van der Waals surface area contributed by atoms with Crippen LogP contribution in [0.2, 0.25) is 0 Å². The molecule has 1 atom stereocenters. The Kier molecular flexibility index (Phi) is 5.50. The molecule has 0 saturated carbocycles. The van der Waals surface area contributed by atoms with Crippen LogP contribution in [0.5, 0.6) is 0 Å². The molecule has 2 aromatic rings. The molecule has 1 N–H and O–H groups in total. The van der Waals surface area contributed by atoms with Crippen LogP contribution in [-0.4, -0.2) is 49.2 Å². The molecule has 3 heterocycles. The quantitative estimate of drug-likeness (QED) is 0.802. The Hall–Kier alpha value is -1.78. The van der Waals surface area contributed by atoms with Gasteiger partial charge in [0.1, 0.15) is 15.6 Å². The SMILES string of the molecule is Cc1nonc1CC(=O)N1CCC[C@@H](CNS(=O)(=O)c2cccs2)C1. The second-order valence-corrected chi connectivity index (χ2v) is 9.05. The van der Waals surface area contributed by atoms with Crippen LogP contribution < -0.4 is 4.72 Å². The molecule has 3 rings (SSSR count). The molecule has 1 aliphatic heterocycles. The standard InChI is InChI=1S/C15H20N4O4S2/c1-11-13(18-23-17-11)8-14(20)19-6-2-4-12(10-19)9-16-25(21,22)15-5-3-7-24-15/h3,5,7,12,16H,2,4,6,8-10H2,1H3/t12-/m0/s1. The van der Waals surface area contributed by atoms with Crippen LogP contribution >= 0.6 is 11.3 Å². The Balaban J connectivity index is 1.54. The van der Waals surface area contributed by atoms with Crippen molar-refractivity contribution in [2.75, 3.05) is 19.6 Å². The summed E-state index contributed by atoms with van der Waals surface area (Å²) in [7, 11) is -3.47. The van der Waals surface area contributed by atoms with Gasteiger partial charge in [-0.15, -0.1) is 11.3 Å². The Bertz CT molecular complexity index is 816. The number of rotatable bonds is 6. The van der Waals surface area contributed by atoms with E-state index in [1.54, 1.807) is 29.3 Å². The van der Waals surface area contributed by atoms with Gasteiger partial charge >= 0.3 is 0 Å². The first-order chi connectivity index (χ1) is 12.0. The second-order valence-electron chi connectivity index (χ2n) is 6.11. The van der Waals surface area contributed by atoms with Crippen LogP contribution in [-0.2, 0) is 21.2 Å². The summed E-state index contributed by atoms with van der Waals surface area (Å²) >= 11 is 1.19. The number of nitrogens with zero attached hydrogens (tertiary/aromatic N) is 3. The predicted molar refractivity (Wildman–Crippen MR) is 91.6 cm³/mol. The van der Waals surface area contributed by atoms with E-state index in [4.69, 9.17) is 0 Å². The van der Waals surface area contributed by atoms with E-state index in [9.17, 15) is 13.2 Å². The molecule has 136 valence electrons. The minimum atomic E-state index is -3.47. The Labute approximate surface area is 150 Å². The van der Waals surface area contributed by atoms with Crippen molar-refractivity contribution in [1.82, 2.24) is 19.9 Å². The van der Waals surface area contributed by atoms with Crippen molar-refractivity contribution < 1.29 is 17.8 Å². The third-order valence-corrected chi connectivity index (χ3v) is 7.08. The van der Waals surface area contributed by atoms with Gasteiger partial charge < -0.3 is 4.90 Å². The summed E-state index contributed by atoms with van der Waals surface area (Å²) in [6.45, 7) is 3.29. The topological polar surface area (TPSA) is 105 Å². The highest BCUT2D eigenvalue weighted by Crippen LogP contribution is 2.19. The highest BCUT2D eigenvalue weighted by atomic mass is 32.2. The molecule has 10 heteroatoms. The van der Waals surface area contributed by atoms with E-state index in [0.717, 1.165) is 12.8 Å². The monoisotopic (exact) mass is 384 g/mol. The molecule has 0 unspecified atom stereocenters. The average molecular weight is 384 g/mol. The molecule has 1 amide bonds. The van der Waals surface area contributed by atoms with Gasteiger partial charge in [0, 0.05) is 19.6 Å². The first-order valence-corrected chi connectivity index (χ1v) is 10.4. The number of piperidine rings is 1. The number of carbonyl (C=O) groups is 1. The Morgan fingerprint density at radius 3 is 3.00 bits per heavy atom. The van der Waals surface area contributed by atoms with Gasteiger partial charge in [0.25, 0.3) is 0 Å². The molecule has 2 aromatic heterocycles. The number of nitrogens with one attached hydrogen (secondary N) is 1. The van der Waals surface area contributed by atoms with E-state index in [0.29, 0.717) is 35.2 Å². The Morgan fingerprint density at radius 1 is 1.48 bits per heavy atom. The van der Waals surface area contributed by atoms with Crippen molar-refractivity contribution in [3.8, 4) is 0 Å². The van der Waals surface area contributed by atoms with Crippen LogP contribution in [0.3, 0.4) is 0 Å². The smallest absolute Gasteiger partial charge is 0.250 e. The number of thiophene rings is 1. The second kappa shape index (κ2) is 7.63. The number of hydrogen-bond donors (Lipinski definition) is 1. The van der Waals surface area contributed by atoms with Gasteiger partial charge in [0.15, 0.2) is 0 Å².